The Labute approximate surface area is 103 Å². The molecule has 2 nitrogen and oxygen atoms in total. The van der Waals surface area contributed by atoms with Gasteiger partial charge in [-0.1, -0.05) is 19.9 Å². The topological polar surface area (TPSA) is 37.3 Å². The summed E-state index contributed by atoms with van der Waals surface area (Å²) < 4.78 is 26.6. The van der Waals surface area contributed by atoms with Gasteiger partial charge >= 0.3 is 5.97 Å². The summed E-state index contributed by atoms with van der Waals surface area (Å²) in [6.45, 7) is 3.53. The molecule has 0 radical (unpaired) electrons. The third-order valence-corrected chi connectivity index (χ3v) is 3.88. The van der Waals surface area contributed by atoms with Crippen molar-refractivity contribution in [3.05, 3.63) is 35.4 Å². The van der Waals surface area contributed by atoms with Crippen LogP contribution in [-0.4, -0.2) is 16.3 Å². The van der Waals surface area contributed by atoms with Crippen molar-refractivity contribution in [1.82, 2.24) is 0 Å². The molecular weight excluding hydrogens is 246 g/mol. The van der Waals surface area contributed by atoms with Crippen molar-refractivity contribution < 1.29 is 18.7 Å². The van der Waals surface area contributed by atoms with E-state index in [1.165, 1.54) is 18.2 Å². The molecular formula is C12H14F2O2S. The maximum absolute atomic E-state index is 13.3. The molecule has 0 fully saturated rings. The number of carbonyl (C=O) groups is 1. The molecule has 17 heavy (non-hydrogen) atoms. The summed E-state index contributed by atoms with van der Waals surface area (Å²) in [6.07, 6.45) is 0. The molecule has 0 saturated carbocycles. The van der Waals surface area contributed by atoms with E-state index in [9.17, 15) is 13.6 Å². The minimum atomic E-state index is -0.957. The molecule has 0 aliphatic heterocycles. The maximum Gasteiger partial charge on any atom is 0.316 e. The first-order valence-electron chi connectivity index (χ1n) is 5.20. The lowest BCUT2D eigenvalue weighted by Crippen LogP contribution is -2.22. The Bertz CT molecular complexity index is 387. The molecule has 0 amide bonds. The van der Waals surface area contributed by atoms with E-state index in [-0.39, 0.29) is 17.2 Å². The monoisotopic (exact) mass is 260 g/mol. The van der Waals surface area contributed by atoms with Crippen LogP contribution in [0.25, 0.3) is 0 Å². The summed E-state index contributed by atoms with van der Waals surface area (Å²) in [6, 6.07) is 3.63. The summed E-state index contributed by atoms with van der Waals surface area (Å²) in [5.74, 6) is -2.29. The second-order valence-electron chi connectivity index (χ2n) is 4.01. The summed E-state index contributed by atoms with van der Waals surface area (Å²) in [5, 5.41) is 8.29. The second-order valence-corrected chi connectivity index (χ2v) is 5.14. The normalized spacial score (nSPS) is 12.8. The zero-order valence-electron chi connectivity index (χ0n) is 9.61. The van der Waals surface area contributed by atoms with Gasteiger partial charge in [0.15, 0.2) is 0 Å². The maximum atomic E-state index is 13.3. The van der Waals surface area contributed by atoms with Gasteiger partial charge in [-0.05, 0) is 18.1 Å². The summed E-state index contributed by atoms with van der Waals surface area (Å²) in [7, 11) is 0. The number of carboxylic acid groups (broad SMARTS) is 1. The number of aliphatic carboxylic acids is 1. The van der Waals surface area contributed by atoms with Gasteiger partial charge in [-0.3, -0.25) is 4.79 Å². The lowest BCUT2D eigenvalue weighted by atomic mass is 10.1. The molecule has 0 aliphatic carbocycles. The van der Waals surface area contributed by atoms with E-state index in [1.54, 1.807) is 13.8 Å². The number of hydrogen-bond donors (Lipinski definition) is 1. The van der Waals surface area contributed by atoms with Crippen molar-refractivity contribution in [3.63, 3.8) is 0 Å². The van der Waals surface area contributed by atoms with Gasteiger partial charge < -0.3 is 5.11 Å². The Morgan fingerprint density at radius 2 is 1.88 bits per heavy atom. The Balaban J connectivity index is 2.75. The van der Waals surface area contributed by atoms with E-state index < -0.39 is 22.9 Å². The van der Waals surface area contributed by atoms with Crippen molar-refractivity contribution in [3.8, 4) is 0 Å². The molecule has 0 heterocycles. The second kappa shape index (κ2) is 6.00. The lowest BCUT2D eigenvalue weighted by Gasteiger charge is -2.15. The molecule has 0 spiro atoms. The Hall–Kier alpha value is -1.10. The van der Waals surface area contributed by atoms with Crippen LogP contribution in [-0.2, 0) is 10.5 Å². The molecule has 1 rings (SSSR count). The highest BCUT2D eigenvalue weighted by molar-refractivity contribution is 7.99. The van der Waals surface area contributed by atoms with E-state index in [0.717, 1.165) is 11.8 Å². The van der Waals surface area contributed by atoms with Crippen LogP contribution in [0.4, 0.5) is 8.78 Å². The van der Waals surface area contributed by atoms with Crippen molar-refractivity contribution >= 4 is 17.7 Å². The first-order valence-corrected chi connectivity index (χ1v) is 6.25. The quantitative estimate of drug-likeness (QED) is 0.882. The van der Waals surface area contributed by atoms with Gasteiger partial charge in [0.1, 0.15) is 16.9 Å². The predicted octanol–water partition coefficient (Wildman–Crippen LogP) is 3.31. The summed E-state index contributed by atoms with van der Waals surface area (Å²) in [4.78, 5) is 10.9. The van der Waals surface area contributed by atoms with Gasteiger partial charge in [-0.25, -0.2) is 8.78 Å². The third kappa shape index (κ3) is 3.70. The van der Waals surface area contributed by atoms with Gasteiger partial charge in [0.25, 0.3) is 0 Å². The van der Waals surface area contributed by atoms with Crippen LogP contribution < -0.4 is 0 Å². The van der Waals surface area contributed by atoms with Gasteiger partial charge in [-0.2, -0.15) is 0 Å². The highest BCUT2D eigenvalue weighted by Crippen LogP contribution is 2.26. The smallest absolute Gasteiger partial charge is 0.316 e. The number of halogens is 2. The fourth-order valence-corrected chi connectivity index (χ4v) is 2.54. The predicted molar refractivity (Wildman–Crippen MR) is 63.9 cm³/mol. The van der Waals surface area contributed by atoms with Crippen LogP contribution in [0.1, 0.15) is 19.4 Å². The molecule has 1 aromatic rings. The van der Waals surface area contributed by atoms with Gasteiger partial charge in [0.2, 0.25) is 0 Å². The minimum Gasteiger partial charge on any atom is -0.480 e. The van der Waals surface area contributed by atoms with Gasteiger partial charge in [-0.15, -0.1) is 11.8 Å². The zero-order chi connectivity index (χ0) is 13.0. The highest BCUT2D eigenvalue weighted by Gasteiger charge is 2.23. The van der Waals surface area contributed by atoms with Crippen molar-refractivity contribution in [2.75, 3.05) is 0 Å². The molecule has 1 aromatic carbocycles. The van der Waals surface area contributed by atoms with Crippen LogP contribution in [0.15, 0.2) is 18.2 Å². The Kier molecular flexibility index (Phi) is 4.93. The zero-order valence-corrected chi connectivity index (χ0v) is 10.4. The van der Waals surface area contributed by atoms with Gasteiger partial charge in [0.05, 0.1) is 0 Å². The number of benzene rings is 1. The number of carboxylic acids is 1. The van der Waals surface area contributed by atoms with E-state index in [2.05, 4.69) is 0 Å². The van der Waals surface area contributed by atoms with Crippen LogP contribution in [0.5, 0.6) is 0 Å². The minimum absolute atomic E-state index is 0.0215. The fourth-order valence-electron chi connectivity index (χ4n) is 1.39. The molecule has 1 atom stereocenters. The van der Waals surface area contributed by atoms with Crippen molar-refractivity contribution in [2.24, 2.45) is 5.92 Å². The summed E-state index contributed by atoms with van der Waals surface area (Å²) in [5.41, 5.74) is -0.0654. The number of thioether (sulfide) groups is 1. The molecule has 0 aromatic heterocycles. The third-order valence-electron chi connectivity index (χ3n) is 2.32. The van der Waals surface area contributed by atoms with Crippen molar-refractivity contribution in [1.29, 1.82) is 0 Å². The number of rotatable bonds is 5. The molecule has 5 heteroatoms. The van der Waals surface area contributed by atoms with Crippen LogP contribution in [0, 0.1) is 17.6 Å². The molecule has 0 aliphatic rings. The van der Waals surface area contributed by atoms with Crippen LogP contribution in [0.2, 0.25) is 0 Å². The van der Waals surface area contributed by atoms with Crippen LogP contribution in [0.3, 0.4) is 0 Å². The highest BCUT2D eigenvalue weighted by atomic mass is 32.2. The van der Waals surface area contributed by atoms with E-state index in [1.807, 2.05) is 0 Å². The van der Waals surface area contributed by atoms with Crippen LogP contribution >= 0.6 is 11.8 Å². The lowest BCUT2D eigenvalue weighted by molar-refractivity contribution is -0.137. The first kappa shape index (κ1) is 14.0. The molecule has 0 bridgehead atoms. The first-order chi connectivity index (χ1) is 7.93. The summed E-state index contributed by atoms with van der Waals surface area (Å²) >= 11 is 1.04. The Morgan fingerprint density at radius 3 is 2.29 bits per heavy atom. The SMILES string of the molecule is CC(C)C(SCc1c(F)cccc1F)C(=O)O. The largest absolute Gasteiger partial charge is 0.480 e. The van der Waals surface area contributed by atoms with E-state index in [0.29, 0.717) is 0 Å². The standard InChI is InChI=1S/C12H14F2O2S/c1-7(2)11(12(15)16)17-6-8-9(13)4-3-5-10(8)14/h3-5,7,11H,6H2,1-2H3,(H,15,16). The molecule has 1 N–H and O–H groups in total. The average molecular weight is 260 g/mol. The molecule has 94 valence electrons. The van der Waals surface area contributed by atoms with Crippen molar-refractivity contribution in [2.45, 2.75) is 24.9 Å². The Morgan fingerprint density at radius 1 is 1.35 bits per heavy atom. The van der Waals surface area contributed by atoms with E-state index in [4.69, 9.17) is 5.11 Å². The average Bonchev–Trinajstić information content (AvgIpc) is 2.21. The number of hydrogen-bond acceptors (Lipinski definition) is 2. The van der Waals surface area contributed by atoms with E-state index >= 15 is 0 Å². The molecule has 0 saturated heterocycles. The van der Waals surface area contributed by atoms with Gasteiger partial charge in [0, 0.05) is 11.3 Å². The molecule has 1 unspecified atom stereocenters. The fraction of sp³-hybridized carbons (Fsp3) is 0.417.